The molecule has 0 saturated carbocycles. The summed E-state index contributed by atoms with van der Waals surface area (Å²) >= 11 is 1.51. The average Bonchev–Trinajstić information content (AvgIpc) is 3.34. The minimum absolute atomic E-state index is 0.156. The molecule has 4 nitrogen and oxygen atoms in total. The van der Waals surface area contributed by atoms with Gasteiger partial charge in [0.05, 0.1) is 22.7 Å². The van der Waals surface area contributed by atoms with Gasteiger partial charge in [-0.3, -0.25) is 9.48 Å². The number of halogens is 1. The number of nitrogens with one attached hydrogen (secondary N) is 1. The van der Waals surface area contributed by atoms with E-state index in [0.29, 0.717) is 17.8 Å². The van der Waals surface area contributed by atoms with Gasteiger partial charge in [-0.1, -0.05) is 42.5 Å². The topological polar surface area (TPSA) is 46.9 Å². The fourth-order valence-corrected chi connectivity index (χ4v) is 3.67. The zero-order valence-corrected chi connectivity index (χ0v) is 16.0. The Morgan fingerprint density at radius 3 is 2.68 bits per heavy atom. The molecule has 0 spiro atoms. The van der Waals surface area contributed by atoms with E-state index in [1.165, 1.54) is 17.4 Å². The molecule has 0 aliphatic heterocycles. The number of benzene rings is 2. The number of carbonyl (C=O) groups is 1. The van der Waals surface area contributed by atoms with E-state index in [9.17, 15) is 9.18 Å². The summed E-state index contributed by atoms with van der Waals surface area (Å²) in [6.45, 7) is 2.35. The number of nitrogens with zero attached hydrogens (tertiary/aromatic N) is 2. The fourth-order valence-electron chi connectivity index (χ4n) is 2.95. The molecule has 2 aromatic heterocycles. The Morgan fingerprint density at radius 2 is 1.96 bits per heavy atom. The molecule has 140 valence electrons. The summed E-state index contributed by atoms with van der Waals surface area (Å²) in [6.07, 6.45) is 1.71. The quantitative estimate of drug-likeness (QED) is 0.498. The van der Waals surface area contributed by atoms with Crippen LogP contribution >= 0.6 is 11.3 Å². The first-order valence-corrected chi connectivity index (χ1v) is 9.71. The molecule has 0 radical (unpaired) electrons. The van der Waals surface area contributed by atoms with Crippen LogP contribution in [0.15, 0.2) is 72.2 Å². The number of thiophene rings is 1. The van der Waals surface area contributed by atoms with Crippen molar-refractivity contribution in [3.8, 4) is 10.6 Å². The van der Waals surface area contributed by atoms with Crippen molar-refractivity contribution >= 4 is 22.9 Å². The van der Waals surface area contributed by atoms with E-state index in [0.717, 1.165) is 16.0 Å². The summed E-state index contributed by atoms with van der Waals surface area (Å²) in [5, 5.41) is 9.23. The number of aromatic nitrogens is 2. The molecule has 0 saturated heterocycles. The van der Waals surface area contributed by atoms with E-state index in [2.05, 4.69) is 10.4 Å². The second-order valence-electron chi connectivity index (χ2n) is 6.49. The number of amides is 1. The van der Waals surface area contributed by atoms with Gasteiger partial charge in [0.15, 0.2) is 0 Å². The van der Waals surface area contributed by atoms with Gasteiger partial charge in [0.1, 0.15) is 11.5 Å². The minimum atomic E-state index is -0.456. The second kappa shape index (κ2) is 7.78. The lowest BCUT2D eigenvalue weighted by molar-refractivity contribution is 0.102. The fraction of sp³-hybridized carbons (Fsp3) is 0.0909. The molecule has 0 aliphatic carbocycles. The monoisotopic (exact) mass is 391 g/mol. The maximum atomic E-state index is 14.2. The van der Waals surface area contributed by atoms with E-state index in [1.54, 1.807) is 29.9 Å². The van der Waals surface area contributed by atoms with Crippen LogP contribution in [-0.4, -0.2) is 15.7 Å². The smallest absolute Gasteiger partial charge is 0.259 e. The number of hydrogen-bond acceptors (Lipinski definition) is 3. The Hall–Kier alpha value is -3.25. The first-order valence-electron chi connectivity index (χ1n) is 8.83. The first kappa shape index (κ1) is 18.1. The van der Waals surface area contributed by atoms with Gasteiger partial charge in [-0.2, -0.15) is 5.10 Å². The first-order chi connectivity index (χ1) is 13.6. The normalized spacial score (nSPS) is 10.8. The summed E-state index contributed by atoms with van der Waals surface area (Å²) in [5.41, 5.74) is 3.04. The molecule has 1 N–H and O–H groups in total. The third-order valence-corrected chi connectivity index (χ3v) is 5.20. The average molecular weight is 391 g/mol. The summed E-state index contributed by atoms with van der Waals surface area (Å²) in [6, 6.07) is 18.5. The lowest BCUT2D eigenvalue weighted by Crippen LogP contribution is -2.13. The summed E-state index contributed by atoms with van der Waals surface area (Å²) in [7, 11) is 0. The van der Waals surface area contributed by atoms with Crippen molar-refractivity contribution in [1.29, 1.82) is 0 Å². The third kappa shape index (κ3) is 3.87. The van der Waals surface area contributed by atoms with Crippen molar-refractivity contribution in [3.05, 3.63) is 94.7 Å². The predicted octanol–water partition coefficient (Wildman–Crippen LogP) is 5.36. The molecule has 0 bridgehead atoms. The molecule has 6 heteroatoms. The van der Waals surface area contributed by atoms with Crippen LogP contribution in [0.1, 0.15) is 21.5 Å². The third-order valence-electron chi connectivity index (χ3n) is 4.32. The van der Waals surface area contributed by atoms with E-state index < -0.39 is 5.82 Å². The highest BCUT2D eigenvalue weighted by Crippen LogP contribution is 2.28. The van der Waals surface area contributed by atoms with Crippen LogP contribution < -0.4 is 5.32 Å². The van der Waals surface area contributed by atoms with Crippen molar-refractivity contribution < 1.29 is 9.18 Å². The largest absolute Gasteiger partial charge is 0.319 e. The molecule has 0 unspecified atom stereocenters. The van der Waals surface area contributed by atoms with Crippen molar-refractivity contribution in [2.24, 2.45) is 0 Å². The highest BCUT2D eigenvalue weighted by Gasteiger charge is 2.20. The van der Waals surface area contributed by atoms with Crippen molar-refractivity contribution in [2.45, 2.75) is 13.5 Å². The highest BCUT2D eigenvalue weighted by molar-refractivity contribution is 7.13. The Balaban J connectivity index is 1.67. The molecule has 2 aromatic carbocycles. The number of aryl methyl sites for hydroxylation is 1. The molecule has 0 aliphatic rings. The van der Waals surface area contributed by atoms with Crippen LogP contribution in [0.4, 0.5) is 10.1 Å². The van der Waals surface area contributed by atoms with E-state index >= 15 is 0 Å². The van der Waals surface area contributed by atoms with Gasteiger partial charge < -0.3 is 5.32 Å². The molecule has 0 atom stereocenters. The van der Waals surface area contributed by atoms with E-state index in [-0.39, 0.29) is 11.6 Å². The highest BCUT2D eigenvalue weighted by atomic mass is 32.1. The van der Waals surface area contributed by atoms with Gasteiger partial charge >= 0.3 is 0 Å². The van der Waals surface area contributed by atoms with Crippen LogP contribution in [-0.2, 0) is 6.54 Å². The zero-order chi connectivity index (χ0) is 19.5. The molecular weight excluding hydrogens is 373 g/mol. The van der Waals surface area contributed by atoms with Gasteiger partial charge in [-0.05, 0) is 41.6 Å². The molecule has 1 amide bonds. The predicted molar refractivity (Wildman–Crippen MR) is 110 cm³/mol. The van der Waals surface area contributed by atoms with Gasteiger partial charge in [-0.25, -0.2) is 4.39 Å². The van der Waals surface area contributed by atoms with Crippen LogP contribution in [0.5, 0.6) is 0 Å². The Labute approximate surface area is 166 Å². The Bertz CT molecular complexity index is 1100. The molecule has 0 fully saturated rings. The van der Waals surface area contributed by atoms with Crippen molar-refractivity contribution in [1.82, 2.24) is 9.78 Å². The standard InChI is InChI=1S/C22H18FN3OS/c1-15-9-10-19(18(23)12-15)24-22(27)17-14-26(13-16-6-3-2-4-7-16)25-21(17)20-8-5-11-28-20/h2-12,14H,13H2,1H3,(H,24,27). The van der Waals surface area contributed by atoms with Crippen molar-refractivity contribution in [2.75, 3.05) is 5.32 Å². The molecule has 2 heterocycles. The molecule has 4 aromatic rings. The van der Waals surface area contributed by atoms with E-state index in [4.69, 9.17) is 0 Å². The molecular formula is C22H18FN3OS. The maximum Gasteiger partial charge on any atom is 0.259 e. The number of anilines is 1. The van der Waals surface area contributed by atoms with Gasteiger partial charge in [-0.15, -0.1) is 11.3 Å². The van der Waals surface area contributed by atoms with Crippen LogP contribution in [0, 0.1) is 12.7 Å². The van der Waals surface area contributed by atoms with Crippen LogP contribution in [0.3, 0.4) is 0 Å². The number of hydrogen-bond donors (Lipinski definition) is 1. The molecule has 28 heavy (non-hydrogen) atoms. The number of carbonyl (C=O) groups excluding carboxylic acids is 1. The van der Waals surface area contributed by atoms with Gasteiger partial charge in [0, 0.05) is 6.20 Å². The van der Waals surface area contributed by atoms with E-state index in [1.807, 2.05) is 47.8 Å². The number of rotatable bonds is 5. The lowest BCUT2D eigenvalue weighted by atomic mass is 10.2. The molecule has 4 rings (SSSR count). The van der Waals surface area contributed by atoms with Crippen LogP contribution in [0.25, 0.3) is 10.6 Å². The zero-order valence-electron chi connectivity index (χ0n) is 15.2. The Morgan fingerprint density at radius 1 is 1.14 bits per heavy atom. The summed E-state index contributed by atoms with van der Waals surface area (Å²) < 4.78 is 15.9. The SMILES string of the molecule is Cc1ccc(NC(=O)c2cn(Cc3ccccc3)nc2-c2cccs2)c(F)c1. The summed E-state index contributed by atoms with van der Waals surface area (Å²) in [4.78, 5) is 13.8. The lowest BCUT2D eigenvalue weighted by Gasteiger charge is -2.06. The maximum absolute atomic E-state index is 14.2. The second-order valence-corrected chi connectivity index (χ2v) is 7.44. The van der Waals surface area contributed by atoms with Crippen LogP contribution in [0.2, 0.25) is 0 Å². The Kier molecular flexibility index (Phi) is 5.04. The minimum Gasteiger partial charge on any atom is -0.319 e. The van der Waals surface area contributed by atoms with Crippen molar-refractivity contribution in [3.63, 3.8) is 0 Å². The summed E-state index contributed by atoms with van der Waals surface area (Å²) in [5.74, 6) is -0.840. The van der Waals surface area contributed by atoms with Gasteiger partial charge in [0.25, 0.3) is 5.91 Å². The van der Waals surface area contributed by atoms with Gasteiger partial charge in [0.2, 0.25) is 0 Å².